The van der Waals surface area contributed by atoms with Crippen LogP contribution in [0.1, 0.15) is 45.4 Å². The van der Waals surface area contributed by atoms with E-state index in [4.69, 9.17) is 4.74 Å². The fourth-order valence-corrected chi connectivity index (χ4v) is 4.20. The first kappa shape index (κ1) is 22.4. The molecule has 0 unspecified atom stereocenters. The topological polar surface area (TPSA) is 121 Å². The largest absolute Gasteiger partial charge is 0.383 e. The maximum atomic E-state index is 9.24. The maximum Gasteiger partial charge on any atom is 0.223 e. The molecule has 0 aliphatic heterocycles. The zero-order chi connectivity index (χ0) is 22.4. The number of hydrogen-bond acceptors (Lipinski definition) is 9. The summed E-state index contributed by atoms with van der Waals surface area (Å²) in [6, 6.07) is 7.47. The van der Waals surface area contributed by atoms with Crippen LogP contribution in [-0.4, -0.2) is 58.3 Å². The maximum absolute atomic E-state index is 9.24. The molecule has 170 valence electrons. The molecule has 2 fully saturated rings. The lowest BCUT2D eigenvalue weighted by Gasteiger charge is -2.31. The van der Waals surface area contributed by atoms with Crippen molar-refractivity contribution in [1.29, 1.82) is 5.26 Å². The molecule has 0 bridgehead atoms. The van der Waals surface area contributed by atoms with E-state index in [1.54, 1.807) is 19.6 Å². The third kappa shape index (κ3) is 5.90. The zero-order valence-electron chi connectivity index (χ0n) is 18.8. The predicted molar refractivity (Wildman–Crippen MR) is 123 cm³/mol. The molecule has 2 heterocycles. The molecule has 2 aromatic rings. The summed E-state index contributed by atoms with van der Waals surface area (Å²) in [5.41, 5.74) is 1.23. The SMILES string of the molecule is COC[C@@H](C)NC1CCC(Nc2cc(-c3ccnc(NCC4(C#N)CC4)n3)ncn2)CC1. The van der Waals surface area contributed by atoms with E-state index in [2.05, 4.69) is 48.9 Å². The Morgan fingerprint density at radius 3 is 2.66 bits per heavy atom. The van der Waals surface area contributed by atoms with Gasteiger partial charge in [0.25, 0.3) is 0 Å². The monoisotopic (exact) mass is 436 g/mol. The van der Waals surface area contributed by atoms with Crippen molar-refractivity contribution >= 4 is 11.8 Å². The van der Waals surface area contributed by atoms with E-state index in [1.807, 2.05) is 12.1 Å². The Labute approximate surface area is 189 Å². The number of nitrogens with one attached hydrogen (secondary N) is 3. The molecule has 2 aliphatic rings. The summed E-state index contributed by atoms with van der Waals surface area (Å²) in [4.78, 5) is 17.7. The minimum Gasteiger partial charge on any atom is -0.383 e. The van der Waals surface area contributed by atoms with E-state index >= 15 is 0 Å². The van der Waals surface area contributed by atoms with E-state index in [0.29, 0.717) is 30.6 Å². The van der Waals surface area contributed by atoms with Gasteiger partial charge in [0.15, 0.2) is 0 Å². The van der Waals surface area contributed by atoms with Gasteiger partial charge in [0.1, 0.15) is 12.1 Å². The van der Waals surface area contributed by atoms with E-state index in [0.717, 1.165) is 62.3 Å². The Kier molecular flexibility index (Phi) is 7.12. The number of anilines is 2. The fourth-order valence-electron chi connectivity index (χ4n) is 4.20. The molecule has 9 heteroatoms. The molecule has 0 amide bonds. The number of rotatable bonds is 10. The van der Waals surface area contributed by atoms with Crippen LogP contribution in [0.15, 0.2) is 24.7 Å². The molecular formula is C23H32N8O. The van der Waals surface area contributed by atoms with Crippen LogP contribution in [0.4, 0.5) is 11.8 Å². The highest BCUT2D eigenvalue weighted by atomic mass is 16.5. The summed E-state index contributed by atoms with van der Waals surface area (Å²) >= 11 is 0. The highest BCUT2D eigenvalue weighted by molar-refractivity contribution is 5.59. The lowest BCUT2D eigenvalue weighted by molar-refractivity contribution is 0.161. The molecule has 0 aromatic carbocycles. The lowest BCUT2D eigenvalue weighted by Crippen LogP contribution is -2.42. The normalized spacial score (nSPS) is 22.5. The Morgan fingerprint density at radius 1 is 1.16 bits per heavy atom. The molecule has 3 N–H and O–H groups in total. The van der Waals surface area contributed by atoms with Gasteiger partial charge >= 0.3 is 0 Å². The highest BCUT2D eigenvalue weighted by Gasteiger charge is 2.43. The van der Waals surface area contributed by atoms with Gasteiger partial charge in [-0.2, -0.15) is 5.26 Å². The predicted octanol–water partition coefficient (Wildman–Crippen LogP) is 3.00. The van der Waals surface area contributed by atoms with Gasteiger partial charge in [0, 0.05) is 44.0 Å². The third-order valence-electron chi connectivity index (χ3n) is 6.28. The summed E-state index contributed by atoms with van der Waals surface area (Å²) < 4.78 is 5.22. The van der Waals surface area contributed by atoms with Gasteiger partial charge in [0.2, 0.25) is 5.95 Å². The molecule has 32 heavy (non-hydrogen) atoms. The highest BCUT2D eigenvalue weighted by Crippen LogP contribution is 2.44. The second-order valence-electron chi connectivity index (χ2n) is 9.02. The van der Waals surface area contributed by atoms with Gasteiger partial charge in [-0.05, 0) is 51.5 Å². The van der Waals surface area contributed by atoms with Crippen molar-refractivity contribution in [1.82, 2.24) is 25.3 Å². The van der Waals surface area contributed by atoms with Crippen molar-refractivity contribution in [2.24, 2.45) is 5.41 Å². The summed E-state index contributed by atoms with van der Waals surface area (Å²) in [5.74, 6) is 1.33. The molecular weight excluding hydrogens is 404 g/mol. The van der Waals surface area contributed by atoms with E-state index < -0.39 is 0 Å². The number of ether oxygens (including phenoxy) is 1. The quantitative estimate of drug-likeness (QED) is 0.516. The Morgan fingerprint density at radius 2 is 1.94 bits per heavy atom. The molecule has 2 aliphatic carbocycles. The first-order chi connectivity index (χ1) is 15.6. The number of nitriles is 1. The standard InChI is InChI=1S/C23H32N8O/c1-16(12-32-2)29-17-3-5-18(6-4-17)30-21-11-20(27-15-28-21)19-7-10-25-22(31-19)26-14-23(13-24)8-9-23/h7,10-11,15-18,29H,3-6,8-9,12,14H2,1-2H3,(H,25,26,31)(H,27,28,30)/t16-,17?,18?/m1/s1. The van der Waals surface area contributed by atoms with Crippen LogP contribution in [0, 0.1) is 16.7 Å². The average Bonchev–Trinajstić information content (AvgIpc) is 3.60. The zero-order valence-corrected chi connectivity index (χ0v) is 18.8. The Balaban J connectivity index is 1.32. The van der Waals surface area contributed by atoms with Crippen LogP contribution in [0.5, 0.6) is 0 Å². The molecule has 2 aromatic heterocycles. The van der Waals surface area contributed by atoms with Gasteiger partial charge in [0.05, 0.1) is 29.5 Å². The van der Waals surface area contributed by atoms with Crippen molar-refractivity contribution in [3.05, 3.63) is 24.7 Å². The lowest BCUT2D eigenvalue weighted by atomic mass is 9.90. The van der Waals surface area contributed by atoms with Gasteiger partial charge in [-0.1, -0.05) is 0 Å². The number of nitrogens with zero attached hydrogens (tertiary/aromatic N) is 5. The number of hydrogen-bond donors (Lipinski definition) is 3. The van der Waals surface area contributed by atoms with Crippen molar-refractivity contribution in [2.45, 2.75) is 63.6 Å². The Bertz CT molecular complexity index is 934. The summed E-state index contributed by atoms with van der Waals surface area (Å²) in [5, 5.41) is 19.7. The molecule has 1 atom stereocenters. The molecule has 9 nitrogen and oxygen atoms in total. The first-order valence-corrected chi connectivity index (χ1v) is 11.4. The van der Waals surface area contributed by atoms with E-state index in [1.165, 1.54) is 0 Å². The minimum absolute atomic E-state index is 0.248. The number of aromatic nitrogens is 4. The van der Waals surface area contributed by atoms with Crippen LogP contribution in [0.3, 0.4) is 0 Å². The smallest absolute Gasteiger partial charge is 0.223 e. The molecule has 4 rings (SSSR count). The molecule has 2 saturated carbocycles. The van der Waals surface area contributed by atoms with Crippen LogP contribution < -0.4 is 16.0 Å². The second kappa shape index (κ2) is 10.2. The summed E-state index contributed by atoms with van der Waals surface area (Å²) in [6.45, 7) is 3.48. The summed E-state index contributed by atoms with van der Waals surface area (Å²) in [6.07, 6.45) is 9.61. The summed E-state index contributed by atoms with van der Waals surface area (Å²) in [7, 11) is 1.74. The number of methoxy groups -OCH3 is 1. The fraction of sp³-hybridized carbons (Fsp3) is 0.609. The van der Waals surface area contributed by atoms with Crippen LogP contribution in [-0.2, 0) is 4.74 Å². The third-order valence-corrected chi connectivity index (χ3v) is 6.28. The average molecular weight is 437 g/mol. The van der Waals surface area contributed by atoms with Crippen LogP contribution >= 0.6 is 0 Å². The van der Waals surface area contributed by atoms with Gasteiger partial charge in [-0.25, -0.2) is 19.9 Å². The van der Waals surface area contributed by atoms with E-state index in [9.17, 15) is 5.26 Å². The van der Waals surface area contributed by atoms with Gasteiger partial charge in [-0.15, -0.1) is 0 Å². The first-order valence-electron chi connectivity index (χ1n) is 11.4. The molecule has 0 saturated heterocycles. The minimum atomic E-state index is -0.248. The Hall–Kier alpha value is -2.83. The van der Waals surface area contributed by atoms with Gasteiger partial charge < -0.3 is 20.7 Å². The van der Waals surface area contributed by atoms with Crippen LogP contribution in [0.2, 0.25) is 0 Å². The molecule has 0 spiro atoms. The van der Waals surface area contributed by atoms with E-state index in [-0.39, 0.29) is 5.41 Å². The second-order valence-corrected chi connectivity index (χ2v) is 9.02. The van der Waals surface area contributed by atoms with Crippen LogP contribution in [0.25, 0.3) is 11.4 Å². The van der Waals surface area contributed by atoms with Crippen molar-refractivity contribution < 1.29 is 4.74 Å². The van der Waals surface area contributed by atoms with Gasteiger partial charge in [-0.3, -0.25) is 0 Å². The van der Waals surface area contributed by atoms with Crippen molar-refractivity contribution in [3.63, 3.8) is 0 Å². The molecule has 0 radical (unpaired) electrons. The van der Waals surface area contributed by atoms with Crippen molar-refractivity contribution in [2.75, 3.05) is 30.9 Å². The van der Waals surface area contributed by atoms with Crippen molar-refractivity contribution in [3.8, 4) is 17.5 Å².